The van der Waals surface area contributed by atoms with Crippen molar-refractivity contribution >= 4 is 35.3 Å². The summed E-state index contributed by atoms with van der Waals surface area (Å²) in [7, 11) is 0. The third-order valence-corrected chi connectivity index (χ3v) is 4.56. The average molecular weight is 403 g/mol. The van der Waals surface area contributed by atoms with Crippen LogP contribution in [0.25, 0.3) is 11.3 Å². The first kappa shape index (κ1) is 17.5. The molecule has 4 rings (SSSR count). The van der Waals surface area contributed by atoms with E-state index in [0.29, 0.717) is 38.6 Å². The molecule has 1 aliphatic rings. The highest BCUT2D eigenvalue weighted by molar-refractivity contribution is 6.42. The molecule has 0 atom stereocenters. The zero-order valence-electron chi connectivity index (χ0n) is 13.7. The van der Waals surface area contributed by atoms with E-state index in [1.165, 1.54) is 6.21 Å². The number of benzene rings is 2. The van der Waals surface area contributed by atoms with Gasteiger partial charge < -0.3 is 13.9 Å². The molecule has 6 nitrogen and oxygen atoms in total. The highest BCUT2D eigenvalue weighted by Crippen LogP contribution is 2.32. The second-order valence-corrected chi connectivity index (χ2v) is 6.41. The maximum atomic E-state index is 12.2. The molecular formula is C19H12Cl2N2O4. The van der Waals surface area contributed by atoms with Crippen LogP contribution in [0.2, 0.25) is 10.0 Å². The Morgan fingerprint density at radius 1 is 1.00 bits per heavy atom. The third-order valence-electron chi connectivity index (χ3n) is 3.82. The van der Waals surface area contributed by atoms with Gasteiger partial charge in [0, 0.05) is 11.1 Å². The number of hydrazone groups is 1. The molecule has 0 fully saturated rings. The quantitative estimate of drug-likeness (QED) is 0.504. The SMILES string of the molecule is O=C(N/N=C/c1ccc(-c2ccc(Cl)c(Cl)c2)o1)c1ccc2c(c1)OCO2. The number of amides is 1. The fraction of sp³-hybridized carbons (Fsp3) is 0.0526. The molecule has 0 unspecified atom stereocenters. The summed E-state index contributed by atoms with van der Waals surface area (Å²) in [5.74, 6) is 1.85. The first-order valence-electron chi connectivity index (χ1n) is 7.88. The van der Waals surface area contributed by atoms with E-state index >= 15 is 0 Å². The van der Waals surface area contributed by atoms with Crippen LogP contribution in [0.1, 0.15) is 16.1 Å². The summed E-state index contributed by atoms with van der Waals surface area (Å²) in [5.41, 5.74) is 3.63. The van der Waals surface area contributed by atoms with Crippen LogP contribution in [0, 0.1) is 0 Å². The predicted octanol–water partition coefficient (Wildman–Crippen LogP) is 4.75. The lowest BCUT2D eigenvalue weighted by Crippen LogP contribution is -2.17. The van der Waals surface area contributed by atoms with Gasteiger partial charge in [0.2, 0.25) is 6.79 Å². The summed E-state index contributed by atoms with van der Waals surface area (Å²) in [6.45, 7) is 0.151. The molecular weight excluding hydrogens is 391 g/mol. The van der Waals surface area contributed by atoms with E-state index in [2.05, 4.69) is 10.5 Å². The van der Waals surface area contributed by atoms with E-state index < -0.39 is 0 Å². The molecule has 8 heteroatoms. The minimum absolute atomic E-state index is 0.151. The smallest absolute Gasteiger partial charge is 0.271 e. The van der Waals surface area contributed by atoms with Crippen molar-refractivity contribution < 1.29 is 18.7 Å². The van der Waals surface area contributed by atoms with E-state index in [4.69, 9.17) is 37.1 Å². The van der Waals surface area contributed by atoms with Crippen molar-refractivity contribution in [1.29, 1.82) is 0 Å². The van der Waals surface area contributed by atoms with Crippen molar-refractivity contribution in [2.75, 3.05) is 6.79 Å². The van der Waals surface area contributed by atoms with Gasteiger partial charge in [0.25, 0.3) is 5.91 Å². The molecule has 136 valence electrons. The standard InChI is InChI=1S/C19H12Cl2N2O4/c20-14-4-1-11(7-15(14)21)16-6-3-13(27-16)9-22-23-19(24)12-2-5-17-18(8-12)26-10-25-17/h1-9H,10H2,(H,23,24)/b22-9+. The maximum absolute atomic E-state index is 12.2. The van der Waals surface area contributed by atoms with Crippen molar-refractivity contribution in [2.45, 2.75) is 0 Å². The number of hydrogen-bond donors (Lipinski definition) is 1. The number of carbonyl (C=O) groups is 1. The first-order chi connectivity index (χ1) is 13.1. The molecule has 0 saturated heterocycles. The molecule has 3 aromatic rings. The van der Waals surface area contributed by atoms with E-state index in [1.807, 2.05) is 0 Å². The van der Waals surface area contributed by atoms with Crippen molar-refractivity contribution in [2.24, 2.45) is 5.10 Å². The fourth-order valence-electron chi connectivity index (χ4n) is 2.48. The van der Waals surface area contributed by atoms with Gasteiger partial charge in [0.05, 0.1) is 16.3 Å². The molecule has 0 spiro atoms. The predicted molar refractivity (Wildman–Crippen MR) is 102 cm³/mol. The molecule has 0 saturated carbocycles. The number of rotatable bonds is 4. The number of nitrogens with zero attached hydrogens (tertiary/aromatic N) is 1. The second-order valence-electron chi connectivity index (χ2n) is 5.60. The number of ether oxygens (including phenoxy) is 2. The summed E-state index contributed by atoms with van der Waals surface area (Å²) in [6.07, 6.45) is 1.41. The Labute approximate surface area is 164 Å². The van der Waals surface area contributed by atoms with Crippen LogP contribution in [0.5, 0.6) is 11.5 Å². The zero-order chi connectivity index (χ0) is 18.8. The first-order valence-corrected chi connectivity index (χ1v) is 8.64. The van der Waals surface area contributed by atoms with Gasteiger partial charge in [0.1, 0.15) is 11.5 Å². The Hall–Kier alpha value is -2.96. The Morgan fingerprint density at radius 3 is 2.70 bits per heavy atom. The van der Waals surface area contributed by atoms with Crippen molar-refractivity contribution in [3.05, 3.63) is 69.9 Å². The molecule has 1 N–H and O–H groups in total. The van der Waals surface area contributed by atoms with E-state index in [1.54, 1.807) is 48.5 Å². The van der Waals surface area contributed by atoms with Crippen LogP contribution < -0.4 is 14.9 Å². The maximum Gasteiger partial charge on any atom is 0.271 e. The molecule has 0 bridgehead atoms. The van der Waals surface area contributed by atoms with E-state index in [0.717, 1.165) is 5.56 Å². The van der Waals surface area contributed by atoms with Crippen LogP contribution in [-0.2, 0) is 0 Å². The van der Waals surface area contributed by atoms with Crippen LogP contribution in [0.15, 0.2) is 58.0 Å². The molecule has 2 aromatic carbocycles. The number of nitrogens with one attached hydrogen (secondary N) is 1. The lowest BCUT2D eigenvalue weighted by atomic mass is 10.2. The largest absolute Gasteiger partial charge is 0.455 e. The van der Waals surface area contributed by atoms with Gasteiger partial charge in [-0.15, -0.1) is 0 Å². The molecule has 1 amide bonds. The summed E-state index contributed by atoms with van der Waals surface area (Å²) < 4.78 is 16.1. The van der Waals surface area contributed by atoms with Crippen LogP contribution in [0.4, 0.5) is 0 Å². The topological polar surface area (TPSA) is 73.1 Å². The van der Waals surface area contributed by atoms with Crippen LogP contribution >= 0.6 is 23.2 Å². The highest BCUT2D eigenvalue weighted by Gasteiger charge is 2.16. The Balaban J connectivity index is 1.42. The Kier molecular flexibility index (Phi) is 4.75. The summed E-state index contributed by atoms with van der Waals surface area (Å²) in [5, 5.41) is 4.83. The minimum Gasteiger partial charge on any atom is -0.455 e. The molecule has 1 aliphatic heterocycles. The van der Waals surface area contributed by atoms with Crippen LogP contribution in [-0.4, -0.2) is 18.9 Å². The van der Waals surface area contributed by atoms with Crippen molar-refractivity contribution in [1.82, 2.24) is 5.43 Å². The number of fused-ring (bicyclic) bond motifs is 1. The molecule has 27 heavy (non-hydrogen) atoms. The molecule has 2 heterocycles. The minimum atomic E-state index is -0.374. The normalized spacial score (nSPS) is 12.5. The van der Waals surface area contributed by atoms with Gasteiger partial charge in [-0.2, -0.15) is 5.10 Å². The van der Waals surface area contributed by atoms with Crippen molar-refractivity contribution in [3.8, 4) is 22.8 Å². The fourth-order valence-corrected chi connectivity index (χ4v) is 2.78. The third kappa shape index (κ3) is 3.77. The van der Waals surface area contributed by atoms with Gasteiger partial charge in [0.15, 0.2) is 11.5 Å². The number of carbonyl (C=O) groups excluding carboxylic acids is 1. The van der Waals surface area contributed by atoms with Crippen molar-refractivity contribution in [3.63, 3.8) is 0 Å². The van der Waals surface area contributed by atoms with Gasteiger partial charge in [-0.3, -0.25) is 4.79 Å². The van der Waals surface area contributed by atoms with Gasteiger partial charge in [-0.25, -0.2) is 5.43 Å². The second kappa shape index (κ2) is 7.34. The zero-order valence-corrected chi connectivity index (χ0v) is 15.3. The number of halogens is 2. The Bertz CT molecular complexity index is 1050. The highest BCUT2D eigenvalue weighted by atomic mass is 35.5. The summed E-state index contributed by atoms with van der Waals surface area (Å²) in [6, 6.07) is 13.6. The average Bonchev–Trinajstić information content (AvgIpc) is 3.32. The summed E-state index contributed by atoms with van der Waals surface area (Å²) in [4.78, 5) is 12.2. The molecule has 0 aliphatic carbocycles. The number of hydrogen-bond acceptors (Lipinski definition) is 5. The van der Waals surface area contributed by atoms with Gasteiger partial charge >= 0.3 is 0 Å². The monoisotopic (exact) mass is 402 g/mol. The van der Waals surface area contributed by atoms with Crippen LogP contribution in [0.3, 0.4) is 0 Å². The lowest BCUT2D eigenvalue weighted by molar-refractivity contribution is 0.0954. The van der Waals surface area contributed by atoms with E-state index in [-0.39, 0.29) is 12.7 Å². The Morgan fingerprint density at radius 2 is 1.85 bits per heavy atom. The number of furan rings is 1. The lowest BCUT2D eigenvalue weighted by Gasteiger charge is -2.01. The molecule has 0 radical (unpaired) electrons. The molecule has 1 aromatic heterocycles. The van der Waals surface area contributed by atoms with Gasteiger partial charge in [-0.1, -0.05) is 23.2 Å². The van der Waals surface area contributed by atoms with E-state index in [9.17, 15) is 4.79 Å². The van der Waals surface area contributed by atoms with Gasteiger partial charge in [-0.05, 0) is 48.5 Å². The summed E-state index contributed by atoms with van der Waals surface area (Å²) >= 11 is 11.9.